The summed E-state index contributed by atoms with van der Waals surface area (Å²) in [6, 6.07) is 8.37. The number of fused-ring (bicyclic) bond motifs is 1. The third-order valence-corrected chi connectivity index (χ3v) is 5.04. The predicted octanol–water partition coefficient (Wildman–Crippen LogP) is 3.94. The van der Waals surface area contributed by atoms with E-state index in [1.807, 2.05) is 18.2 Å². The highest BCUT2D eigenvalue weighted by molar-refractivity contribution is 7.09. The summed E-state index contributed by atoms with van der Waals surface area (Å²) >= 11 is 1.67. The van der Waals surface area contributed by atoms with Crippen LogP contribution in [0.5, 0.6) is 5.75 Å². The summed E-state index contributed by atoms with van der Waals surface area (Å²) in [5.74, 6) is 1.83. The van der Waals surface area contributed by atoms with Crippen molar-refractivity contribution < 1.29 is 9.15 Å². The number of thiazole rings is 1. The van der Waals surface area contributed by atoms with Crippen LogP contribution in [-0.2, 0) is 13.0 Å². The smallest absolute Gasteiger partial charge is 0.315 e. The largest absolute Gasteiger partial charge is 0.480 e. The van der Waals surface area contributed by atoms with Gasteiger partial charge in [0, 0.05) is 17.7 Å². The topological polar surface area (TPSA) is 73.1 Å². The lowest BCUT2D eigenvalue weighted by atomic mass is 10.1. The van der Waals surface area contributed by atoms with Crippen molar-refractivity contribution in [1.82, 2.24) is 15.2 Å². The third-order valence-electron chi connectivity index (χ3n) is 3.85. The summed E-state index contributed by atoms with van der Waals surface area (Å²) < 4.78 is 11.6. The molecule has 6 nitrogen and oxygen atoms in total. The third kappa shape index (κ3) is 2.99. The fraction of sp³-hybridized carbons (Fsp3) is 0.353. The Hall–Kier alpha value is -2.41. The van der Waals surface area contributed by atoms with E-state index in [0.717, 1.165) is 22.9 Å². The van der Waals surface area contributed by atoms with Crippen molar-refractivity contribution in [3.8, 4) is 5.75 Å². The number of nitrogens with one attached hydrogen (secondary N) is 1. The Morgan fingerprint density at radius 2 is 2.17 bits per heavy atom. The van der Waals surface area contributed by atoms with Gasteiger partial charge in [-0.15, -0.1) is 16.4 Å². The van der Waals surface area contributed by atoms with Gasteiger partial charge in [0.05, 0.1) is 17.2 Å². The van der Waals surface area contributed by atoms with Crippen LogP contribution in [0.1, 0.15) is 48.0 Å². The van der Waals surface area contributed by atoms with Gasteiger partial charge in [0.15, 0.2) is 6.10 Å². The molecule has 124 valence electrons. The van der Waals surface area contributed by atoms with E-state index in [2.05, 4.69) is 45.8 Å². The van der Waals surface area contributed by atoms with Gasteiger partial charge >= 0.3 is 6.01 Å². The van der Waals surface area contributed by atoms with Crippen molar-refractivity contribution in [2.45, 2.75) is 38.8 Å². The molecular weight excluding hydrogens is 324 g/mol. The monoisotopic (exact) mass is 342 g/mol. The first kappa shape index (κ1) is 15.1. The number of aromatic nitrogens is 3. The normalized spacial score (nSPS) is 16.2. The Balaban J connectivity index is 1.39. The second kappa shape index (κ2) is 6.24. The highest BCUT2D eigenvalue weighted by Crippen LogP contribution is 2.36. The molecule has 2 aromatic heterocycles. The number of ether oxygens (including phenoxy) is 1. The molecule has 1 unspecified atom stereocenters. The zero-order chi connectivity index (χ0) is 16.5. The van der Waals surface area contributed by atoms with Crippen LogP contribution >= 0.6 is 11.3 Å². The van der Waals surface area contributed by atoms with Gasteiger partial charge in [0.1, 0.15) is 5.75 Å². The number of hydrogen-bond acceptors (Lipinski definition) is 7. The molecule has 1 N–H and O–H groups in total. The molecule has 3 heterocycles. The molecule has 0 spiro atoms. The van der Waals surface area contributed by atoms with E-state index in [4.69, 9.17) is 9.15 Å². The van der Waals surface area contributed by atoms with Gasteiger partial charge in [-0.2, -0.15) is 0 Å². The van der Waals surface area contributed by atoms with E-state index in [9.17, 15) is 0 Å². The zero-order valence-electron chi connectivity index (χ0n) is 13.5. The number of rotatable bonds is 5. The molecule has 4 rings (SSSR count). The van der Waals surface area contributed by atoms with Crippen molar-refractivity contribution >= 4 is 17.4 Å². The van der Waals surface area contributed by atoms with Crippen molar-refractivity contribution in [3.63, 3.8) is 0 Å². The number of para-hydroxylation sites is 1. The van der Waals surface area contributed by atoms with E-state index >= 15 is 0 Å². The Kier molecular flexibility index (Phi) is 3.93. The lowest BCUT2D eigenvalue weighted by Crippen LogP contribution is -2.03. The van der Waals surface area contributed by atoms with Gasteiger partial charge < -0.3 is 14.5 Å². The highest BCUT2D eigenvalue weighted by atomic mass is 32.1. The summed E-state index contributed by atoms with van der Waals surface area (Å²) in [5, 5.41) is 14.5. The van der Waals surface area contributed by atoms with Gasteiger partial charge in [0.25, 0.3) is 5.89 Å². The standard InChI is InChI=1S/C17H18N4O2S/c1-10(2)16-19-12(9-24-16)8-18-17-21-20-15(23-17)14-7-11-5-3-4-6-13(11)22-14/h3-6,9-10,14H,7-8H2,1-2H3,(H,18,21). The molecule has 0 saturated carbocycles. The predicted molar refractivity (Wildman–Crippen MR) is 91.3 cm³/mol. The first-order valence-corrected chi connectivity index (χ1v) is 8.83. The van der Waals surface area contributed by atoms with Crippen LogP contribution in [0.15, 0.2) is 34.1 Å². The molecule has 1 aliphatic rings. The maximum absolute atomic E-state index is 5.86. The number of hydrogen-bond donors (Lipinski definition) is 1. The summed E-state index contributed by atoms with van der Waals surface area (Å²) in [6.45, 7) is 4.84. The summed E-state index contributed by atoms with van der Waals surface area (Å²) in [5.41, 5.74) is 2.15. The molecule has 3 aromatic rings. The molecule has 1 aromatic carbocycles. The molecular formula is C17H18N4O2S. The second-order valence-corrected chi connectivity index (χ2v) is 6.94. The zero-order valence-corrected chi connectivity index (χ0v) is 14.3. The fourth-order valence-corrected chi connectivity index (χ4v) is 3.43. The Morgan fingerprint density at radius 1 is 1.29 bits per heavy atom. The minimum Gasteiger partial charge on any atom is -0.480 e. The summed E-state index contributed by atoms with van der Waals surface area (Å²) in [7, 11) is 0. The Morgan fingerprint density at radius 3 is 2.96 bits per heavy atom. The maximum atomic E-state index is 5.86. The quantitative estimate of drug-likeness (QED) is 0.757. The molecule has 0 amide bonds. The summed E-state index contributed by atoms with van der Waals surface area (Å²) in [4.78, 5) is 4.58. The molecule has 0 aliphatic carbocycles. The molecule has 0 bridgehead atoms. The highest BCUT2D eigenvalue weighted by Gasteiger charge is 2.28. The van der Waals surface area contributed by atoms with Crippen LogP contribution in [0.2, 0.25) is 0 Å². The van der Waals surface area contributed by atoms with Crippen LogP contribution in [0, 0.1) is 0 Å². The molecule has 24 heavy (non-hydrogen) atoms. The minimum absolute atomic E-state index is 0.211. The number of benzene rings is 1. The van der Waals surface area contributed by atoms with E-state index in [1.54, 1.807) is 11.3 Å². The van der Waals surface area contributed by atoms with E-state index in [0.29, 0.717) is 24.4 Å². The maximum Gasteiger partial charge on any atom is 0.315 e. The lowest BCUT2D eigenvalue weighted by Gasteiger charge is -2.04. The van der Waals surface area contributed by atoms with E-state index in [-0.39, 0.29) is 6.10 Å². The van der Waals surface area contributed by atoms with Gasteiger partial charge in [-0.1, -0.05) is 37.1 Å². The van der Waals surface area contributed by atoms with Crippen molar-refractivity contribution in [3.05, 3.63) is 51.8 Å². The van der Waals surface area contributed by atoms with Gasteiger partial charge in [-0.3, -0.25) is 0 Å². The molecule has 0 fully saturated rings. The number of anilines is 1. The van der Waals surface area contributed by atoms with Crippen molar-refractivity contribution in [2.75, 3.05) is 5.32 Å². The van der Waals surface area contributed by atoms with Crippen LogP contribution in [0.3, 0.4) is 0 Å². The van der Waals surface area contributed by atoms with Gasteiger partial charge in [-0.05, 0) is 11.6 Å². The second-order valence-electron chi connectivity index (χ2n) is 6.05. The number of nitrogens with zero attached hydrogens (tertiary/aromatic N) is 3. The van der Waals surface area contributed by atoms with E-state index < -0.39 is 0 Å². The first-order chi connectivity index (χ1) is 11.7. The fourth-order valence-electron chi connectivity index (χ4n) is 2.59. The molecule has 7 heteroatoms. The van der Waals surface area contributed by atoms with Gasteiger partial charge in [-0.25, -0.2) is 4.98 Å². The average Bonchev–Trinajstić information content (AvgIpc) is 3.30. The first-order valence-electron chi connectivity index (χ1n) is 7.95. The Bertz CT molecular complexity index is 817. The molecule has 0 radical (unpaired) electrons. The SMILES string of the molecule is CC(C)c1nc(CNc2nnc(C3Cc4ccccc4O3)o2)cs1. The van der Waals surface area contributed by atoms with E-state index in [1.165, 1.54) is 5.56 Å². The van der Waals surface area contributed by atoms with Crippen LogP contribution < -0.4 is 10.1 Å². The van der Waals surface area contributed by atoms with Crippen molar-refractivity contribution in [1.29, 1.82) is 0 Å². The van der Waals surface area contributed by atoms with Crippen LogP contribution in [-0.4, -0.2) is 15.2 Å². The van der Waals surface area contributed by atoms with Gasteiger partial charge in [0.2, 0.25) is 0 Å². The van der Waals surface area contributed by atoms with Crippen LogP contribution in [0.4, 0.5) is 6.01 Å². The molecule has 1 aliphatic heterocycles. The van der Waals surface area contributed by atoms with Crippen LogP contribution in [0.25, 0.3) is 0 Å². The Labute approximate surface area is 143 Å². The van der Waals surface area contributed by atoms with Crippen molar-refractivity contribution in [2.24, 2.45) is 0 Å². The molecule has 0 saturated heterocycles. The summed E-state index contributed by atoms with van der Waals surface area (Å²) in [6.07, 6.45) is 0.541. The minimum atomic E-state index is -0.211. The average molecular weight is 342 g/mol. The lowest BCUT2D eigenvalue weighted by molar-refractivity contribution is 0.199. The molecule has 1 atom stereocenters.